The van der Waals surface area contributed by atoms with Gasteiger partial charge in [-0.25, -0.2) is 0 Å². The summed E-state index contributed by atoms with van der Waals surface area (Å²) in [5.41, 5.74) is 1.08. The van der Waals surface area contributed by atoms with E-state index in [4.69, 9.17) is 58.0 Å². The molecule has 0 spiro atoms. The van der Waals surface area contributed by atoms with Crippen LogP contribution in [0.4, 0.5) is 0 Å². The predicted molar refractivity (Wildman–Crippen MR) is 80.4 cm³/mol. The van der Waals surface area contributed by atoms with Gasteiger partial charge in [0.1, 0.15) is 0 Å². The lowest BCUT2D eigenvalue weighted by molar-refractivity contribution is 1.04. The van der Waals surface area contributed by atoms with Crippen LogP contribution in [0.15, 0.2) is 42.5 Å². The van der Waals surface area contributed by atoms with Crippen LogP contribution < -0.4 is 0 Å². The second kappa shape index (κ2) is 5.48. The highest BCUT2D eigenvalue weighted by Crippen LogP contribution is 2.46. The first-order valence-electron chi connectivity index (χ1n) is 5.01. The molecule has 0 amide bonds. The zero-order chi connectivity index (χ0) is 13.3. The average molecular weight is 340 g/mol. The third-order valence-corrected chi connectivity index (χ3v) is 4.19. The molecule has 0 radical (unpaired) electrons. The molecule has 0 saturated heterocycles. The van der Waals surface area contributed by atoms with Crippen molar-refractivity contribution in [2.24, 2.45) is 0 Å². The lowest BCUT2D eigenvalue weighted by atomic mass is 10.0. The van der Waals surface area contributed by atoms with Gasteiger partial charge in [-0.1, -0.05) is 76.2 Å². The van der Waals surface area contributed by atoms with Crippen LogP contribution in [-0.2, 0) is 4.33 Å². The SMILES string of the molecule is Clc1ccc(Cl)c(C(Cl)(Cl)c2ccccc2Cl)c1. The van der Waals surface area contributed by atoms with Crippen molar-refractivity contribution in [2.75, 3.05) is 0 Å². The van der Waals surface area contributed by atoms with Gasteiger partial charge in [0.25, 0.3) is 0 Å². The molecule has 0 saturated carbocycles. The Morgan fingerprint density at radius 1 is 0.722 bits per heavy atom. The molecule has 2 aromatic carbocycles. The third kappa shape index (κ3) is 2.74. The normalized spacial score (nSPS) is 11.6. The van der Waals surface area contributed by atoms with Crippen molar-refractivity contribution in [1.29, 1.82) is 0 Å². The minimum atomic E-state index is -1.35. The summed E-state index contributed by atoms with van der Waals surface area (Å²) in [5, 5.41) is 1.41. The Bertz CT molecular complexity index is 577. The highest BCUT2D eigenvalue weighted by atomic mass is 35.5. The number of hydrogen-bond acceptors (Lipinski definition) is 0. The Labute approximate surface area is 130 Å². The van der Waals surface area contributed by atoms with Gasteiger partial charge in [0.15, 0.2) is 4.33 Å². The van der Waals surface area contributed by atoms with Gasteiger partial charge in [0.05, 0.1) is 0 Å². The van der Waals surface area contributed by atoms with Crippen molar-refractivity contribution in [1.82, 2.24) is 0 Å². The van der Waals surface area contributed by atoms with Gasteiger partial charge in [-0.15, -0.1) is 0 Å². The fraction of sp³-hybridized carbons (Fsp3) is 0.0769. The topological polar surface area (TPSA) is 0 Å². The molecule has 18 heavy (non-hydrogen) atoms. The van der Waals surface area contributed by atoms with E-state index in [2.05, 4.69) is 0 Å². The molecule has 94 valence electrons. The summed E-state index contributed by atoms with van der Waals surface area (Å²) in [6, 6.07) is 12.0. The van der Waals surface area contributed by atoms with Crippen LogP contribution in [0, 0.1) is 0 Å². The third-order valence-electron chi connectivity index (χ3n) is 2.48. The molecular weight excluding hydrogens is 333 g/mol. The minimum absolute atomic E-state index is 0.435. The molecule has 0 aromatic heterocycles. The van der Waals surface area contributed by atoms with Crippen molar-refractivity contribution in [2.45, 2.75) is 4.33 Å². The van der Waals surface area contributed by atoms with Crippen LogP contribution in [0.3, 0.4) is 0 Å². The zero-order valence-corrected chi connectivity index (χ0v) is 12.7. The second-order valence-corrected chi connectivity index (χ2v) is 6.26. The van der Waals surface area contributed by atoms with Crippen LogP contribution >= 0.6 is 58.0 Å². The fourth-order valence-electron chi connectivity index (χ4n) is 1.60. The van der Waals surface area contributed by atoms with E-state index >= 15 is 0 Å². The maximum Gasteiger partial charge on any atom is 0.171 e. The number of halogens is 5. The van der Waals surface area contributed by atoms with E-state index in [9.17, 15) is 0 Å². The highest BCUT2D eigenvalue weighted by molar-refractivity contribution is 6.52. The Kier molecular flexibility index (Phi) is 4.36. The van der Waals surface area contributed by atoms with Crippen LogP contribution in [-0.4, -0.2) is 0 Å². The molecule has 0 nitrogen and oxygen atoms in total. The van der Waals surface area contributed by atoms with Gasteiger partial charge < -0.3 is 0 Å². The Morgan fingerprint density at radius 2 is 1.33 bits per heavy atom. The van der Waals surface area contributed by atoms with E-state index in [0.717, 1.165) is 0 Å². The van der Waals surface area contributed by atoms with Gasteiger partial charge in [-0.3, -0.25) is 0 Å². The Hall–Kier alpha value is -0.110. The number of rotatable bonds is 2. The maximum absolute atomic E-state index is 6.41. The van der Waals surface area contributed by atoms with E-state index in [0.29, 0.717) is 26.2 Å². The monoisotopic (exact) mass is 338 g/mol. The van der Waals surface area contributed by atoms with Crippen LogP contribution in [0.1, 0.15) is 11.1 Å². The molecule has 5 heteroatoms. The van der Waals surface area contributed by atoms with E-state index in [1.54, 1.807) is 42.5 Å². The van der Waals surface area contributed by atoms with E-state index in [1.807, 2.05) is 0 Å². The zero-order valence-electron chi connectivity index (χ0n) is 8.93. The molecule has 0 fully saturated rings. The van der Waals surface area contributed by atoms with E-state index in [-0.39, 0.29) is 0 Å². The number of hydrogen-bond donors (Lipinski definition) is 0. The molecule has 0 atom stereocenters. The first-order valence-corrected chi connectivity index (χ1v) is 6.90. The molecule has 2 rings (SSSR count). The largest absolute Gasteiger partial charge is 0.171 e. The fourth-order valence-corrected chi connectivity index (χ4v) is 3.14. The van der Waals surface area contributed by atoms with Gasteiger partial charge in [0, 0.05) is 26.2 Å². The van der Waals surface area contributed by atoms with Crippen LogP contribution in [0.25, 0.3) is 0 Å². The summed E-state index contributed by atoms with van der Waals surface area (Å²) in [5.74, 6) is 0. The summed E-state index contributed by atoms with van der Waals surface area (Å²) in [6.45, 7) is 0. The van der Waals surface area contributed by atoms with Crippen molar-refractivity contribution < 1.29 is 0 Å². The van der Waals surface area contributed by atoms with Gasteiger partial charge in [0.2, 0.25) is 0 Å². The van der Waals surface area contributed by atoms with Crippen molar-refractivity contribution >= 4 is 58.0 Å². The van der Waals surface area contributed by atoms with Gasteiger partial charge >= 0.3 is 0 Å². The molecule has 0 aliphatic heterocycles. The van der Waals surface area contributed by atoms with Gasteiger partial charge in [-0.05, 0) is 24.3 Å². The first-order chi connectivity index (χ1) is 8.43. The number of alkyl halides is 2. The smallest absolute Gasteiger partial charge is 0.0908 e. The average Bonchev–Trinajstić information content (AvgIpc) is 2.32. The minimum Gasteiger partial charge on any atom is -0.0908 e. The first kappa shape index (κ1) is 14.3. The summed E-state index contributed by atoms with van der Waals surface area (Å²) >= 11 is 31.0. The van der Waals surface area contributed by atoms with Crippen molar-refractivity contribution in [3.05, 3.63) is 68.7 Å². The summed E-state index contributed by atoms with van der Waals surface area (Å²) in [7, 11) is 0. The van der Waals surface area contributed by atoms with E-state index < -0.39 is 4.33 Å². The molecule has 0 bridgehead atoms. The van der Waals surface area contributed by atoms with Crippen molar-refractivity contribution in [3.8, 4) is 0 Å². The van der Waals surface area contributed by atoms with Crippen molar-refractivity contribution in [3.63, 3.8) is 0 Å². The summed E-state index contributed by atoms with van der Waals surface area (Å²) in [6.07, 6.45) is 0. The maximum atomic E-state index is 6.41. The Balaban J connectivity index is 2.61. The molecule has 0 aliphatic carbocycles. The summed E-state index contributed by atoms with van der Waals surface area (Å²) < 4.78 is -1.35. The quantitative estimate of drug-likeness (QED) is 0.561. The number of benzene rings is 2. The molecule has 0 unspecified atom stereocenters. The molecule has 0 aliphatic rings. The summed E-state index contributed by atoms with van der Waals surface area (Å²) in [4.78, 5) is 0. The van der Waals surface area contributed by atoms with Crippen LogP contribution in [0.5, 0.6) is 0 Å². The predicted octanol–water partition coefficient (Wildman–Crippen LogP) is 6.33. The Morgan fingerprint density at radius 3 is 2.00 bits per heavy atom. The molecule has 0 N–H and O–H groups in total. The molecular formula is C13H7Cl5. The lowest BCUT2D eigenvalue weighted by Gasteiger charge is -2.23. The van der Waals surface area contributed by atoms with Gasteiger partial charge in [-0.2, -0.15) is 0 Å². The van der Waals surface area contributed by atoms with Crippen LogP contribution in [0.2, 0.25) is 15.1 Å². The second-order valence-electron chi connectivity index (χ2n) is 3.68. The van der Waals surface area contributed by atoms with E-state index in [1.165, 1.54) is 0 Å². The molecule has 0 heterocycles. The highest BCUT2D eigenvalue weighted by Gasteiger charge is 2.33. The standard InChI is InChI=1S/C13H7Cl5/c14-8-5-6-12(16)10(7-8)13(17,18)9-3-1-2-4-11(9)15/h1-7H. The molecule has 2 aromatic rings. The lowest BCUT2D eigenvalue weighted by Crippen LogP contribution is -2.13.